The summed E-state index contributed by atoms with van der Waals surface area (Å²) in [6.45, 7) is 3.36. The molecule has 0 saturated carbocycles. The normalized spacial score (nSPS) is 16.8. The fourth-order valence-corrected chi connectivity index (χ4v) is 1.58. The smallest absolute Gasteiger partial charge is 0.102 e. The Hall–Kier alpha value is -0.850. The van der Waals surface area contributed by atoms with Gasteiger partial charge in [0.15, 0.2) is 0 Å². The summed E-state index contributed by atoms with van der Waals surface area (Å²) in [4.78, 5) is 0. The Bertz CT molecular complexity index is 368. The molecule has 0 aromatic heterocycles. The lowest BCUT2D eigenvalue weighted by Gasteiger charge is -2.26. The van der Waals surface area contributed by atoms with Crippen LogP contribution in [0.4, 0.5) is 0 Å². The molecule has 0 fully saturated rings. The topological polar surface area (TPSA) is 44.0 Å². The van der Waals surface area contributed by atoms with Crippen molar-refractivity contribution in [1.82, 2.24) is 0 Å². The van der Waals surface area contributed by atoms with Crippen molar-refractivity contribution < 1.29 is 5.11 Å². The lowest BCUT2D eigenvalue weighted by atomic mass is 9.85. The zero-order valence-corrected chi connectivity index (χ0v) is 9.75. The predicted molar refractivity (Wildman–Crippen MR) is 58.5 cm³/mol. The molecule has 0 saturated heterocycles. The van der Waals surface area contributed by atoms with Gasteiger partial charge in [0.1, 0.15) is 5.60 Å². The van der Waals surface area contributed by atoms with Crippen molar-refractivity contribution in [3.05, 3.63) is 34.3 Å². The Morgan fingerprint density at radius 2 is 2.21 bits per heavy atom. The van der Waals surface area contributed by atoms with Gasteiger partial charge in [0.2, 0.25) is 0 Å². The minimum absolute atomic E-state index is 0.434. The van der Waals surface area contributed by atoms with Gasteiger partial charge < -0.3 is 5.11 Å². The number of rotatable bonds is 2. The predicted octanol–water partition coefficient (Wildman–Crippen LogP) is 2.82. The van der Waals surface area contributed by atoms with E-state index in [0.29, 0.717) is 0 Å². The van der Waals surface area contributed by atoms with Gasteiger partial charge in [-0.25, -0.2) is 0 Å². The molecule has 0 spiro atoms. The number of benzene rings is 1. The van der Waals surface area contributed by atoms with E-state index in [1.807, 2.05) is 24.3 Å². The third kappa shape index (κ3) is 2.14. The van der Waals surface area contributed by atoms with Crippen LogP contribution in [0.25, 0.3) is 0 Å². The van der Waals surface area contributed by atoms with E-state index in [9.17, 15) is 5.11 Å². The molecule has 0 amide bonds. The summed E-state index contributed by atoms with van der Waals surface area (Å²) in [7, 11) is 0. The van der Waals surface area contributed by atoms with E-state index in [-0.39, 0.29) is 0 Å². The minimum Gasteiger partial charge on any atom is -0.384 e. The quantitative estimate of drug-likeness (QED) is 0.881. The van der Waals surface area contributed by atoms with Crippen molar-refractivity contribution in [1.29, 1.82) is 5.26 Å². The van der Waals surface area contributed by atoms with Gasteiger partial charge in [-0.2, -0.15) is 5.26 Å². The van der Waals surface area contributed by atoms with Gasteiger partial charge in [0, 0.05) is 4.47 Å². The van der Waals surface area contributed by atoms with Crippen LogP contribution in [0, 0.1) is 17.2 Å². The molecule has 0 aliphatic rings. The highest BCUT2D eigenvalue weighted by Gasteiger charge is 2.30. The van der Waals surface area contributed by atoms with Crippen LogP contribution in [0.15, 0.2) is 28.7 Å². The lowest BCUT2D eigenvalue weighted by Crippen LogP contribution is -2.28. The summed E-state index contributed by atoms with van der Waals surface area (Å²) in [5.74, 6) is -0.434. The highest BCUT2D eigenvalue weighted by atomic mass is 79.9. The largest absolute Gasteiger partial charge is 0.384 e. The standard InChI is InChI=1S/C11H12BrNO/c1-8(7-13)11(2,14)9-4-3-5-10(12)6-9/h3-6,8,14H,1-2H3. The van der Waals surface area contributed by atoms with E-state index in [2.05, 4.69) is 22.0 Å². The molecule has 2 nitrogen and oxygen atoms in total. The second-order valence-electron chi connectivity index (χ2n) is 3.51. The lowest BCUT2D eigenvalue weighted by molar-refractivity contribution is 0.0232. The van der Waals surface area contributed by atoms with E-state index in [1.54, 1.807) is 13.8 Å². The first-order valence-electron chi connectivity index (χ1n) is 4.36. The molecule has 2 atom stereocenters. The first kappa shape index (κ1) is 11.2. The van der Waals surface area contributed by atoms with Gasteiger partial charge in [-0.05, 0) is 31.5 Å². The van der Waals surface area contributed by atoms with Crippen molar-refractivity contribution in [2.45, 2.75) is 19.4 Å². The maximum atomic E-state index is 10.1. The molecular weight excluding hydrogens is 242 g/mol. The number of aliphatic hydroxyl groups is 1. The van der Waals surface area contributed by atoms with Crippen molar-refractivity contribution in [3.63, 3.8) is 0 Å². The van der Waals surface area contributed by atoms with Crippen LogP contribution >= 0.6 is 15.9 Å². The van der Waals surface area contributed by atoms with Crippen LogP contribution < -0.4 is 0 Å². The number of hydrogen-bond donors (Lipinski definition) is 1. The van der Waals surface area contributed by atoms with Crippen LogP contribution in [0.1, 0.15) is 19.4 Å². The third-order valence-corrected chi connectivity index (χ3v) is 2.94. The van der Waals surface area contributed by atoms with Gasteiger partial charge >= 0.3 is 0 Å². The molecule has 0 heterocycles. The summed E-state index contributed by atoms with van der Waals surface area (Å²) in [6.07, 6.45) is 0. The maximum absolute atomic E-state index is 10.1. The molecule has 1 rings (SSSR count). The maximum Gasteiger partial charge on any atom is 0.102 e. The summed E-state index contributed by atoms with van der Waals surface area (Å²) < 4.78 is 0.903. The second-order valence-corrected chi connectivity index (χ2v) is 4.42. The van der Waals surface area contributed by atoms with Gasteiger partial charge in [-0.15, -0.1) is 0 Å². The minimum atomic E-state index is -1.10. The Kier molecular flexibility index (Phi) is 3.30. The van der Waals surface area contributed by atoms with Crippen molar-refractivity contribution in [2.24, 2.45) is 5.92 Å². The van der Waals surface area contributed by atoms with Crippen LogP contribution in [0.5, 0.6) is 0 Å². The number of halogens is 1. The fourth-order valence-electron chi connectivity index (χ4n) is 1.18. The van der Waals surface area contributed by atoms with E-state index < -0.39 is 11.5 Å². The van der Waals surface area contributed by atoms with Crippen LogP contribution in [-0.4, -0.2) is 5.11 Å². The van der Waals surface area contributed by atoms with Gasteiger partial charge in [0.25, 0.3) is 0 Å². The molecule has 0 aliphatic carbocycles. The zero-order valence-electron chi connectivity index (χ0n) is 8.16. The summed E-state index contributed by atoms with van der Waals surface area (Å²) >= 11 is 3.33. The molecule has 3 heteroatoms. The number of nitrogens with zero attached hydrogens (tertiary/aromatic N) is 1. The van der Waals surface area contributed by atoms with E-state index in [4.69, 9.17) is 5.26 Å². The molecular formula is C11H12BrNO. The molecule has 0 bridgehead atoms. The van der Waals surface area contributed by atoms with Gasteiger partial charge in [-0.1, -0.05) is 28.1 Å². The highest BCUT2D eigenvalue weighted by Crippen LogP contribution is 2.30. The van der Waals surface area contributed by atoms with Crippen molar-refractivity contribution in [3.8, 4) is 6.07 Å². The highest BCUT2D eigenvalue weighted by molar-refractivity contribution is 9.10. The van der Waals surface area contributed by atoms with Crippen LogP contribution in [0.3, 0.4) is 0 Å². The monoisotopic (exact) mass is 253 g/mol. The molecule has 74 valence electrons. The van der Waals surface area contributed by atoms with Gasteiger partial charge in [-0.3, -0.25) is 0 Å². The van der Waals surface area contributed by atoms with E-state index in [1.165, 1.54) is 0 Å². The van der Waals surface area contributed by atoms with Gasteiger partial charge in [0.05, 0.1) is 12.0 Å². The molecule has 2 unspecified atom stereocenters. The summed E-state index contributed by atoms with van der Waals surface area (Å²) in [6, 6.07) is 9.43. The first-order valence-corrected chi connectivity index (χ1v) is 5.16. The molecule has 1 aromatic rings. The zero-order chi connectivity index (χ0) is 10.8. The van der Waals surface area contributed by atoms with Crippen LogP contribution in [-0.2, 0) is 5.60 Å². The summed E-state index contributed by atoms with van der Waals surface area (Å²) in [5, 5.41) is 18.9. The molecule has 1 N–H and O–H groups in total. The molecule has 0 aliphatic heterocycles. The summed E-state index contributed by atoms with van der Waals surface area (Å²) in [5.41, 5.74) is -0.348. The Morgan fingerprint density at radius 3 is 2.71 bits per heavy atom. The number of nitriles is 1. The Morgan fingerprint density at radius 1 is 1.57 bits per heavy atom. The van der Waals surface area contributed by atoms with Crippen molar-refractivity contribution >= 4 is 15.9 Å². The molecule has 0 radical (unpaired) electrons. The van der Waals surface area contributed by atoms with Crippen molar-refractivity contribution in [2.75, 3.05) is 0 Å². The first-order chi connectivity index (χ1) is 6.48. The van der Waals surface area contributed by atoms with E-state index >= 15 is 0 Å². The molecule has 14 heavy (non-hydrogen) atoms. The Balaban J connectivity index is 3.10. The third-order valence-electron chi connectivity index (χ3n) is 2.45. The van der Waals surface area contributed by atoms with E-state index in [0.717, 1.165) is 10.0 Å². The Labute approximate surface area is 92.3 Å². The average molecular weight is 254 g/mol. The fraction of sp³-hybridized carbons (Fsp3) is 0.364. The molecule has 1 aromatic carbocycles. The number of hydrogen-bond acceptors (Lipinski definition) is 2. The average Bonchev–Trinajstić information content (AvgIpc) is 2.16. The van der Waals surface area contributed by atoms with Crippen LogP contribution in [0.2, 0.25) is 0 Å². The second kappa shape index (κ2) is 4.12. The SMILES string of the molecule is CC(C#N)C(C)(O)c1cccc(Br)c1.